The van der Waals surface area contributed by atoms with Gasteiger partial charge in [-0.05, 0) is 38.0 Å². The standard InChI is InChI=1S/C16H19ClN4O/c1-11(2)21-16(22)14-9-15(20-10-19-14)18-8-7-12-3-5-13(17)6-4-12/h3-6,9-11H,7-8H2,1-2H3,(H,21,22)(H,18,19,20). The zero-order chi connectivity index (χ0) is 15.9. The average Bonchev–Trinajstić information content (AvgIpc) is 2.49. The van der Waals surface area contributed by atoms with Gasteiger partial charge in [0.15, 0.2) is 0 Å². The summed E-state index contributed by atoms with van der Waals surface area (Å²) in [5.41, 5.74) is 1.54. The molecule has 1 amide bonds. The molecule has 0 saturated carbocycles. The van der Waals surface area contributed by atoms with Crippen LogP contribution in [0.15, 0.2) is 36.7 Å². The molecule has 0 radical (unpaired) electrons. The highest BCUT2D eigenvalue weighted by molar-refractivity contribution is 6.30. The van der Waals surface area contributed by atoms with Gasteiger partial charge in [-0.2, -0.15) is 0 Å². The number of nitrogens with zero attached hydrogens (tertiary/aromatic N) is 2. The first-order valence-electron chi connectivity index (χ1n) is 7.16. The Balaban J connectivity index is 1.90. The van der Waals surface area contributed by atoms with Crippen molar-refractivity contribution in [2.75, 3.05) is 11.9 Å². The maximum Gasteiger partial charge on any atom is 0.270 e. The minimum absolute atomic E-state index is 0.0729. The van der Waals surface area contributed by atoms with Crippen molar-refractivity contribution in [2.45, 2.75) is 26.3 Å². The lowest BCUT2D eigenvalue weighted by molar-refractivity contribution is 0.0938. The third kappa shape index (κ3) is 5.00. The largest absolute Gasteiger partial charge is 0.370 e. The van der Waals surface area contributed by atoms with E-state index in [1.165, 1.54) is 11.9 Å². The van der Waals surface area contributed by atoms with Crippen LogP contribution in [-0.4, -0.2) is 28.5 Å². The fraction of sp³-hybridized carbons (Fsp3) is 0.312. The molecule has 116 valence electrons. The number of nitrogens with one attached hydrogen (secondary N) is 2. The van der Waals surface area contributed by atoms with Gasteiger partial charge >= 0.3 is 0 Å². The second-order valence-electron chi connectivity index (χ2n) is 5.22. The van der Waals surface area contributed by atoms with Crippen LogP contribution in [0.25, 0.3) is 0 Å². The first-order chi connectivity index (χ1) is 10.5. The molecule has 5 nitrogen and oxygen atoms in total. The molecule has 2 aromatic rings. The van der Waals surface area contributed by atoms with Gasteiger partial charge in [-0.1, -0.05) is 23.7 Å². The van der Waals surface area contributed by atoms with Crippen LogP contribution < -0.4 is 10.6 Å². The van der Waals surface area contributed by atoms with Gasteiger partial charge in [0.05, 0.1) is 0 Å². The van der Waals surface area contributed by atoms with Crippen LogP contribution in [0.5, 0.6) is 0 Å². The van der Waals surface area contributed by atoms with Gasteiger partial charge in [-0.15, -0.1) is 0 Å². The van der Waals surface area contributed by atoms with Crippen molar-refractivity contribution in [3.05, 3.63) is 52.9 Å². The average molecular weight is 319 g/mol. The van der Waals surface area contributed by atoms with E-state index in [-0.39, 0.29) is 11.9 Å². The number of rotatable bonds is 6. The monoisotopic (exact) mass is 318 g/mol. The highest BCUT2D eigenvalue weighted by atomic mass is 35.5. The van der Waals surface area contributed by atoms with Crippen molar-refractivity contribution in [2.24, 2.45) is 0 Å². The van der Waals surface area contributed by atoms with E-state index < -0.39 is 0 Å². The molecule has 0 saturated heterocycles. The molecule has 0 aliphatic heterocycles. The fourth-order valence-electron chi connectivity index (χ4n) is 1.90. The topological polar surface area (TPSA) is 66.9 Å². The van der Waals surface area contributed by atoms with Crippen molar-refractivity contribution in [1.29, 1.82) is 0 Å². The van der Waals surface area contributed by atoms with Crippen LogP contribution in [0.1, 0.15) is 29.9 Å². The van der Waals surface area contributed by atoms with Crippen molar-refractivity contribution < 1.29 is 4.79 Å². The molecule has 0 unspecified atom stereocenters. The summed E-state index contributed by atoms with van der Waals surface area (Å²) in [7, 11) is 0. The quantitative estimate of drug-likeness (QED) is 0.859. The Morgan fingerprint density at radius 1 is 1.23 bits per heavy atom. The van der Waals surface area contributed by atoms with Crippen molar-refractivity contribution in [3.63, 3.8) is 0 Å². The summed E-state index contributed by atoms with van der Waals surface area (Å²) in [6.45, 7) is 4.53. The normalized spacial score (nSPS) is 10.5. The van der Waals surface area contributed by atoms with Gasteiger partial charge in [0.2, 0.25) is 0 Å². The third-order valence-corrected chi connectivity index (χ3v) is 3.20. The lowest BCUT2D eigenvalue weighted by Crippen LogP contribution is -2.30. The number of hydrogen-bond donors (Lipinski definition) is 2. The number of carbonyl (C=O) groups excluding carboxylic acids is 1. The first-order valence-corrected chi connectivity index (χ1v) is 7.53. The van der Waals surface area contributed by atoms with E-state index in [2.05, 4.69) is 20.6 Å². The molecule has 1 aromatic heterocycles. The van der Waals surface area contributed by atoms with Gasteiger partial charge in [0.25, 0.3) is 5.91 Å². The van der Waals surface area contributed by atoms with E-state index in [1.54, 1.807) is 6.07 Å². The molecule has 0 spiro atoms. The van der Waals surface area contributed by atoms with E-state index >= 15 is 0 Å². The summed E-state index contributed by atoms with van der Waals surface area (Å²) in [5.74, 6) is 0.441. The molecule has 1 heterocycles. The molecular formula is C16H19ClN4O. The Bertz CT molecular complexity index is 628. The third-order valence-electron chi connectivity index (χ3n) is 2.95. The number of amides is 1. The molecule has 0 atom stereocenters. The van der Waals surface area contributed by atoms with E-state index in [1.807, 2.05) is 38.1 Å². The number of hydrogen-bond acceptors (Lipinski definition) is 4. The second kappa shape index (κ2) is 7.75. The number of anilines is 1. The SMILES string of the molecule is CC(C)NC(=O)c1cc(NCCc2ccc(Cl)cc2)ncn1. The predicted octanol–water partition coefficient (Wildman–Crippen LogP) is 2.92. The van der Waals surface area contributed by atoms with E-state index in [0.717, 1.165) is 11.4 Å². The predicted molar refractivity (Wildman–Crippen MR) is 88.3 cm³/mol. The Kier molecular flexibility index (Phi) is 5.72. The van der Waals surface area contributed by atoms with Crippen LogP contribution in [0.4, 0.5) is 5.82 Å². The number of carbonyl (C=O) groups is 1. The Hall–Kier alpha value is -2.14. The van der Waals surface area contributed by atoms with E-state index in [9.17, 15) is 4.79 Å². The minimum Gasteiger partial charge on any atom is -0.370 e. The zero-order valence-corrected chi connectivity index (χ0v) is 13.4. The lowest BCUT2D eigenvalue weighted by atomic mass is 10.1. The van der Waals surface area contributed by atoms with Gasteiger partial charge in [0, 0.05) is 23.7 Å². The molecule has 0 fully saturated rings. The van der Waals surface area contributed by atoms with Gasteiger partial charge in [-0.25, -0.2) is 9.97 Å². The van der Waals surface area contributed by atoms with Crippen LogP contribution >= 0.6 is 11.6 Å². The van der Waals surface area contributed by atoms with Gasteiger partial charge in [-0.3, -0.25) is 4.79 Å². The molecule has 6 heteroatoms. The maximum atomic E-state index is 11.9. The summed E-state index contributed by atoms with van der Waals surface area (Å²) in [6, 6.07) is 9.45. The van der Waals surface area contributed by atoms with Crippen LogP contribution in [-0.2, 0) is 6.42 Å². The number of benzene rings is 1. The zero-order valence-electron chi connectivity index (χ0n) is 12.6. The van der Waals surface area contributed by atoms with Crippen LogP contribution in [0.3, 0.4) is 0 Å². The Labute approximate surface area is 135 Å². The maximum absolute atomic E-state index is 11.9. The number of halogens is 1. The van der Waals surface area contributed by atoms with Crippen molar-refractivity contribution >= 4 is 23.3 Å². The molecule has 0 bridgehead atoms. The van der Waals surface area contributed by atoms with Gasteiger partial charge < -0.3 is 10.6 Å². The molecule has 0 aliphatic rings. The summed E-state index contributed by atoms with van der Waals surface area (Å²) in [4.78, 5) is 20.0. The summed E-state index contributed by atoms with van der Waals surface area (Å²) < 4.78 is 0. The fourth-order valence-corrected chi connectivity index (χ4v) is 2.03. The highest BCUT2D eigenvalue weighted by Crippen LogP contribution is 2.10. The Morgan fingerprint density at radius 3 is 2.64 bits per heavy atom. The smallest absolute Gasteiger partial charge is 0.270 e. The molecule has 2 rings (SSSR count). The highest BCUT2D eigenvalue weighted by Gasteiger charge is 2.09. The number of aromatic nitrogens is 2. The first kappa shape index (κ1) is 16.2. The van der Waals surface area contributed by atoms with Crippen LogP contribution in [0, 0.1) is 0 Å². The van der Waals surface area contributed by atoms with Gasteiger partial charge in [0.1, 0.15) is 17.8 Å². The molecular weight excluding hydrogens is 300 g/mol. The Morgan fingerprint density at radius 2 is 1.95 bits per heavy atom. The summed E-state index contributed by atoms with van der Waals surface area (Å²) in [5, 5.41) is 6.73. The molecule has 2 N–H and O–H groups in total. The molecule has 22 heavy (non-hydrogen) atoms. The second-order valence-corrected chi connectivity index (χ2v) is 5.66. The van der Waals surface area contributed by atoms with Crippen molar-refractivity contribution in [1.82, 2.24) is 15.3 Å². The summed E-state index contributed by atoms with van der Waals surface area (Å²) in [6.07, 6.45) is 2.23. The molecule has 1 aromatic carbocycles. The van der Waals surface area contributed by atoms with Crippen molar-refractivity contribution in [3.8, 4) is 0 Å². The van der Waals surface area contributed by atoms with Crippen LogP contribution in [0.2, 0.25) is 5.02 Å². The van der Waals surface area contributed by atoms with E-state index in [4.69, 9.17) is 11.6 Å². The minimum atomic E-state index is -0.196. The summed E-state index contributed by atoms with van der Waals surface area (Å²) >= 11 is 5.85. The molecule has 0 aliphatic carbocycles. The van der Waals surface area contributed by atoms with E-state index in [0.29, 0.717) is 18.1 Å². The lowest BCUT2D eigenvalue weighted by Gasteiger charge is -2.09.